The van der Waals surface area contributed by atoms with E-state index in [1.54, 1.807) is 0 Å². The smallest absolute Gasteiger partial charge is 0.330 e. The van der Waals surface area contributed by atoms with Crippen molar-refractivity contribution in [2.75, 3.05) is 4.90 Å². The molecule has 3 aromatic rings. The molecule has 3 heterocycles. The number of thiophene rings is 1. The summed E-state index contributed by atoms with van der Waals surface area (Å²) in [4.78, 5) is 26.5. The first kappa shape index (κ1) is 20.7. The Bertz CT molecular complexity index is 1270. The lowest BCUT2D eigenvalue weighted by atomic mass is 10.2. The molecule has 158 valence electrons. The molecule has 0 N–H and O–H groups in total. The topological polar surface area (TPSA) is 64.3 Å². The molecule has 2 aromatic heterocycles. The van der Waals surface area contributed by atoms with Crippen LogP contribution < -0.4 is 14.6 Å². The van der Waals surface area contributed by atoms with Gasteiger partial charge in [0.2, 0.25) is 5.82 Å². The number of rotatable bonds is 3. The van der Waals surface area contributed by atoms with Gasteiger partial charge in [-0.05, 0) is 19.1 Å². The lowest BCUT2D eigenvalue weighted by molar-refractivity contribution is -0.581. The Hall–Kier alpha value is -3.60. The lowest BCUT2D eigenvalue weighted by Gasteiger charge is -2.17. The minimum Gasteiger partial charge on any atom is -0.864 e. The van der Waals surface area contributed by atoms with E-state index in [-0.39, 0.29) is 4.90 Å². The molecule has 0 spiro atoms. The van der Waals surface area contributed by atoms with E-state index >= 15 is 0 Å². The number of carbonyl (C=O) groups excluding carboxylic acids is 2. The summed E-state index contributed by atoms with van der Waals surface area (Å²) in [5, 5.41) is 12.3. The molecule has 0 bridgehead atoms. The van der Waals surface area contributed by atoms with Crippen LogP contribution in [0.15, 0.2) is 42.4 Å². The van der Waals surface area contributed by atoms with Crippen LogP contribution in [0.25, 0.3) is 16.1 Å². The second-order valence-electron chi connectivity index (χ2n) is 6.45. The summed E-state index contributed by atoms with van der Waals surface area (Å²) in [5.41, 5.74) is -1.89. The Morgan fingerprint density at radius 3 is 1.90 bits per heavy atom. The normalized spacial score (nSPS) is 14.2. The van der Waals surface area contributed by atoms with Crippen molar-refractivity contribution in [1.82, 2.24) is 0 Å². The molecule has 0 fully saturated rings. The van der Waals surface area contributed by atoms with E-state index < -0.39 is 58.0 Å². The summed E-state index contributed by atoms with van der Waals surface area (Å²) in [5.74, 6) is -16.7. The van der Waals surface area contributed by atoms with Gasteiger partial charge in [0, 0.05) is 33.2 Å². The predicted molar refractivity (Wildman–Crippen MR) is 96.6 cm³/mol. The summed E-state index contributed by atoms with van der Waals surface area (Å²) in [6, 6.07) is 6.81. The largest absolute Gasteiger partial charge is 0.864 e. The van der Waals surface area contributed by atoms with Gasteiger partial charge in [-0.25, -0.2) is 26.9 Å². The maximum atomic E-state index is 14.1. The van der Waals surface area contributed by atoms with Gasteiger partial charge in [0.05, 0.1) is 0 Å². The van der Waals surface area contributed by atoms with Crippen LogP contribution in [0.3, 0.4) is 0 Å². The molecule has 1 aliphatic heterocycles. The number of aromatic nitrogens is 1. The van der Waals surface area contributed by atoms with Crippen LogP contribution in [-0.2, 0) is 9.59 Å². The average Bonchev–Trinajstić information content (AvgIpc) is 3.28. The Labute approximate surface area is 174 Å². The second-order valence-corrected chi connectivity index (χ2v) is 7.73. The van der Waals surface area contributed by atoms with Gasteiger partial charge in [-0.2, -0.15) is 4.57 Å². The molecule has 1 aromatic carbocycles. The first-order chi connectivity index (χ1) is 14.6. The van der Waals surface area contributed by atoms with Gasteiger partial charge in [-0.15, -0.1) is 11.3 Å². The first-order valence-electron chi connectivity index (χ1n) is 8.53. The Balaban J connectivity index is 1.76. The van der Waals surface area contributed by atoms with Crippen molar-refractivity contribution >= 4 is 34.5 Å². The molecule has 0 saturated heterocycles. The molecule has 1 aliphatic rings. The molecule has 11 heteroatoms. The molecular formula is C20H9F5N2O3S. The molecule has 0 radical (unpaired) electrons. The highest BCUT2D eigenvalue weighted by molar-refractivity contribution is 7.15. The number of hydrogen-bond acceptors (Lipinski definition) is 4. The molecule has 4 rings (SSSR count). The van der Waals surface area contributed by atoms with Crippen LogP contribution in [0, 0.1) is 36.0 Å². The highest BCUT2D eigenvalue weighted by Gasteiger charge is 2.45. The number of aryl methyl sites for hydroxylation is 1. The van der Waals surface area contributed by atoms with E-state index in [1.165, 1.54) is 35.9 Å². The molecular weight excluding hydrogens is 443 g/mol. The van der Waals surface area contributed by atoms with E-state index in [9.17, 15) is 36.6 Å². The van der Waals surface area contributed by atoms with E-state index in [4.69, 9.17) is 0 Å². The summed E-state index contributed by atoms with van der Waals surface area (Å²) < 4.78 is 69.5. The number of carbonyl (C=O) groups is 2. The van der Waals surface area contributed by atoms with Crippen molar-refractivity contribution in [2.24, 2.45) is 0 Å². The molecule has 0 saturated carbocycles. The van der Waals surface area contributed by atoms with Crippen LogP contribution in [-0.4, -0.2) is 11.8 Å². The summed E-state index contributed by atoms with van der Waals surface area (Å²) in [7, 11) is 0. The van der Waals surface area contributed by atoms with E-state index in [0.717, 1.165) is 19.9 Å². The average molecular weight is 452 g/mol. The fourth-order valence-electron chi connectivity index (χ4n) is 3.05. The van der Waals surface area contributed by atoms with Gasteiger partial charge in [0.1, 0.15) is 5.69 Å². The first-order valence-corrected chi connectivity index (χ1v) is 9.35. The zero-order valence-corrected chi connectivity index (χ0v) is 16.2. The number of anilines is 1. The number of benzene rings is 1. The van der Waals surface area contributed by atoms with Crippen molar-refractivity contribution in [3.8, 4) is 10.4 Å². The minimum absolute atomic E-state index is 0.350. The molecule has 0 unspecified atom stereocenters. The third-order valence-electron chi connectivity index (χ3n) is 4.54. The third-order valence-corrected chi connectivity index (χ3v) is 5.59. The van der Waals surface area contributed by atoms with Gasteiger partial charge in [0.25, 0.3) is 11.6 Å². The van der Waals surface area contributed by atoms with E-state index in [2.05, 4.69) is 0 Å². The maximum Gasteiger partial charge on any atom is 0.330 e. The van der Waals surface area contributed by atoms with Crippen molar-refractivity contribution in [1.29, 1.82) is 0 Å². The SMILES string of the molecule is Cc1ccc(-c2cc[n+](C3=C([O-])C(=O)N(c4c(F)c(F)c(F)c(F)c4F)C3=O)cc2)s1. The van der Waals surface area contributed by atoms with E-state index in [1.807, 2.05) is 19.1 Å². The second kappa shape index (κ2) is 7.27. The van der Waals surface area contributed by atoms with Gasteiger partial charge < -0.3 is 5.11 Å². The fraction of sp³-hybridized carbons (Fsp3) is 0.0500. The van der Waals surface area contributed by atoms with Crippen LogP contribution in [0.5, 0.6) is 0 Å². The number of halogens is 5. The lowest BCUT2D eigenvalue weighted by Crippen LogP contribution is -2.40. The number of nitrogens with zero attached hydrogens (tertiary/aromatic N) is 2. The van der Waals surface area contributed by atoms with Crippen LogP contribution in [0.4, 0.5) is 27.6 Å². The quantitative estimate of drug-likeness (QED) is 0.202. The predicted octanol–water partition coefficient (Wildman–Crippen LogP) is 2.81. The van der Waals surface area contributed by atoms with Crippen LogP contribution in [0.2, 0.25) is 0 Å². The Morgan fingerprint density at radius 1 is 0.839 bits per heavy atom. The monoisotopic (exact) mass is 452 g/mol. The molecule has 0 aliphatic carbocycles. The fourth-order valence-corrected chi connectivity index (χ4v) is 3.92. The Morgan fingerprint density at radius 2 is 1.39 bits per heavy atom. The molecule has 0 atom stereocenters. The standard InChI is InChI=1S/C20H9F5N2O3S/c1-8-2-3-10(31-8)9-4-6-26(7-5-9)17-18(28)20(30)27(19(17)29)16-14(24)12(22)11(21)13(23)15(16)25/h2-7H,1H3. The minimum atomic E-state index is -2.46. The Kier molecular flexibility index (Phi) is 4.85. The van der Waals surface area contributed by atoms with Crippen molar-refractivity contribution < 1.29 is 41.2 Å². The molecule has 2 amide bonds. The number of imide groups is 1. The highest BCUT2D eigenvalue weighted by atomic mass is 32.1. The van der Waals surface area contributed by atoms with Crippen LogP contribution in [0.1, 0.15) is 4.88 Å². The van der Waals surface area contributed by atoms with E-state index in [0.29, 0.717) is 0 Å². The van der Waals surface area contributed by atoms with Gasteiger partial charge in [0.15, 0.2) is 35.7 Å². The van der Waals surface area contributed by atoms with Gasteiger partial charge >= 0.3 is 5.91 Å². The maximum absolute atomic E-state index is 14.1. The summed E-state index contributed by atoms with van der Waals surface area (Å²) in [6.07, 6.45) is 2.54. The van der Waals surface area contributed by atoms with Crippen LogP contribution >= 0.6 is 11.3 Å². The van der Waals surface area contributed by atoms with Crippen molar-refractivity contribution in [3.63, 3.8) is 0 Å². The summed E-state index contributed by atoms with van der Waals surface area (Å²) >= 11 is 1.49. The number of pyridine rings is 1. The third kappa shape index (κ3) is 3.08. The van der Waals surface area contributed by atoms with Crippen molar-refractivity contribution in [3.05, 3.63) is 76.4 Å². The zero-order chi connectivity index (χ0) is 22.6. The zero-order valence-electron chi connectivity index (χ0n) is 15.4. The van der Waals surface area contributed by atoms with Gasteiger partial charge in [-0.1, -0.05) is 0 Å². The molecule has 31 heavy (non-hydrogen) atoms. The molecule has 5 nitrogen and oxygen atoms in total. The number of amides is 2. The number of hydrogen-bond donors (Lipinski definition) is 0. The van der Waals surface area contributed by atoms with Gasteiger partial charge in [-0.3, -0.25) is 9.59 Å². The summed E-state index contributed by atoms with van der Waals surface area (Å²) in [6.45, 7) is 1.91. The highest BCUT2D eigenvalue weighted by Crippen LogP contribution is 2.34. The van der Waals surface area contributed by atoms with Crippen molar-refractivity contribution in [2.45, 2.75) is 6.92 Å².